The Labute approximate surface area is 117 Å². The zero-order valence-corrected chi connectivity index (χ0v) is 11.5. The van der Waals surface area contributed by atoms with Crippen molar-refractivity contribution in [3.63, 3.8) is 0 Å². The summed E-state index contributed by atoms with van der Waals surface area (Å²) >= 11 is 0. The van der Waals surface area contributed by atoms with Crippen LogP contribution in [0.3, 0.4) is 0 Å². The third kappa shape index (κ3) is 3.07. The minimum Gasteiger partial charge on any atom is -0.480 e. The van der Waals surface area contributed by atoms with Crippen LogP contribution in [0.4, 0.5) is 4.79 Å². The molecule has 0 unspecified atom stereocenters. The van der Waals surface area contributed by atoms with Gasteiger partial charge in [0.05, 0.1) is 0 Å². The van der Waals surface area contributed by atoms with Crippen LogP contribution in [0.5, 0.6) is 0 Å². The molecule has 1 aromatic rings. The van der Waals surface area contributed by atoms with Gasteiger partial charge in [0.1, 0.15) is 5.54 Å². The zero-order chi connectivity index (χ0) is 14.6. The number of hydrogen-bond donors (Lipinski definition) is 2. The summed E-state index contributed by atoms with van der Waals surface area (Å²) in [6.07, 6.45) is 5.99. The summed E-state index contributed by atoms with van der Waals surface area (Å²) < 4.78 is 0. The Morgan fingerprint density at radius 1 is 1.40 bits per heavy atom. The zero-order valence-electron chi connectivity index (χ0n) is 11.5. The number of carboxylic acids is 1. The van der Waals surface area contributed by atoms with Crippen LogP contribution < -0.4 is 5.32 Å². The number of nitrogens with one attached hydrogen (secondary N) is 1. The summed E-state index contributed by atoms with van der Waals surface area (Å²) in [6, 6.07) is 3.47. The van der Waals surface area contributed by atoms with Crippen molar-refractivity contribution in [2.75, 3.05) is 13.6 Å². The maximum Gasteiger partial charge on any atom is 0.329 e. The van der Waals surface area contributed by atoms with Gasteiger partial charge in [0, 0.05) is 26.0 Å². The van der Waals surface area contributed by atoms with Crippen molar-refractivity contribution < 1.29 is 14.7 Å². The van der Waals surface area contributed by atoms with Crippen molar-refractivity contribution in [2.45, 2.75) is 31.2 Å². The number of aliphatic carboxylic acids is 1. The van der Waals surface area contributed by atoms with Crippen LogP contribution in [-0.2, 0) is 11.2 Å². The molecule has 20 heavy (non-hydrogen) atoms. The van der Waals surface area contributed by atoms with E-state index in [1.54, 1.807) is 19.4 Å². The van der Waals surface area contributed by atoms with E-state index in [0.717, 1.165) is 12.0 Å². The molecular weight excluding hydrogens is 258 g/mol. The summed E-state index contributed by atoms with van der Waals surface area (Å²) in [5.41, 5.74) is 0.0402. The van der Waals surface area contributed by atoms with Gasteiger partial charge >= 0.3 is 12.0 Å². The van der Waals surface area contributed by atoms with Crippen molar-refractivity contribution in [2.24, 2.45) is 0 Å². The molecular formula is C14H19N3O3. The summed E-state index contributed by atoms with van der Waals surface area (Å²) in [7, 11) is 1.67. The van der Waals surface area contributed by atoms with Gasteiger partial charge in [-0.2, -0.15) is 0 Å². The number of likely N-dealkylation sites (N-methyl/N-ethyl adjacent to an activating group) is 1. The molecule has 0 spiro atoms. The number of hydrogen-bond acceptors (Lipinski definition) is 3. The van der Waals surface area contributed by atoms with Gasteiger partial charge in [-0.1, -0.05) is 0 Å². The van der Waals surface area contributed by atoms with Gasteiger partial charge in [-0.3, -0.25) is 4.98 Å². The highest BCUT2D eigenvalue weighted by Crippen LogP contribution is 2.32. The molecule has 0 atom stereocenters. The van der Waals surface area contributed by atoms with E-state index >= 15 is 0 Å². The molecule has 6 nitrogen and oxygen atoms in total. The van der Waals surface area contributed by atoms with Crippen LogP contribution in [0, 0.1) is 0 Å². The summed E-state index contributed by atoms with van der Waals surface area (Å²) in [5, 5.41) is 11.8. The van der Waals surface area contributed by atoms with E-state index in [9.17, 15) is 14.7 Å². The second-order valence-electron chi connectivity index (χ2n) is 5.20. The smallest absolute Gasteiger partial charge is 0.329 e. The van der Waals surface area contributed by atoms with Crippen LogP contribution in [-0.4, -0.2) is 46.1 Å². The number of carboxylic acid groups (broad SMARTS) is 1. The molecule has 1 heterocycles. The maximum absolute atomic E-state index is 12.0. The Balaban J connectivity index is 1.84. The minimum absolute atomic E-state index is 0.332. The quantitative estimate of drug-likeness (QED) is 0.849. The molecule has 1 saturated carbocycles. The number of carbonyl (C=O) groups excluding carboxylic acids is 1. The highest BCUT2D eigenvalue weighted by molar-refractivity contribution is 5.87. The SMILES string of the molecule is CN(CCc1ccncc1)C(=O)NC1(C(=O)O)CCC1. The lowest BCUT2D eigenvalue weighted by molar-refractivity contribution is -0.148. The molecule has 1 aromatic heterocycles. The average Bonchev–Trinajstić information content (AvgIpc) is 2.40. The fraction of sp³-hybridized carbons (Fsp3) is 0.500. The lowest BCUT2D eigenvalue weighted by Crippen LogP contribution is -2.61. The van der Waals surface area contributed by atoms with Gasteiger partial charge in [-0.25, -0.2) is 9.59 Å². The van der Waals surface area contributed by atoms with Crippen LogP contribution >= 0.6 is 0 Å². The first-order valence-corrected chi connectivity index (χ1v) is 6.69. The molecule has 0 radical (unpaired) electrons. The van der Waals surface area contributed by atoms with E-state index in [0.29, 0.717) is 25.8 Å². The van der Waals surface area contributed by atoms with Gasteiger partial charge < -0.3 is 15.3 Å². The number of rotatable bonds is 5. The van der Waals surface area contributed by atoms with Gasteiger partial charge in [0.15, 0.2) is 0 Å². The Hall–Kier alpha value is -2.11. The summed E-state index contributed by atoms with van der Waals surface area (Å²) in [6.45, 7) is 0.533. The number of urea groups is 1. The largest absolute Gasteiger partial charge is 0.480 e. The predicted molar refractivity (Wildman–Crippen MR) is 73.3 cm³/mol. The van der Waals surface area contributed by atoms with Crippen molar-refractivity contribution >= 4 is 12.0 Å². The lowest BCUT2D eigenvalue weighted by atomic mass is 9.77. The van der Waals surface area contributed by atoms with E-state index in [1.807, 2.05) is 12.1 Å². The molecule has 0 saturated heterocycles. The molecule has 1 fully saturated rings. The first-order chi connectivity index (χ1) is 9.53. The fourth-order valence-electron chi connectivity index (χ4n) is 2.17. The third-order valence-corrected chi connectivity index (χ3v) is 3.79. The Morgan fingerprint density at radius 2 is 2.05 bits per heavy atom. The molecule has 0 aliphatic heterocycles. The maximum atomic E-state index is 12.0. The normalized spacial score (nSPS) is 16.1. The van der Waals surface area contributed by atoms with Crippen LogP contribution in [0.15, 0.2) is 24.5 Å². The van der Waals surface area contributed by atoms with Crippen molar-refractivity contribution in [3.8, 4) is 0 Å². The van der Waals surface area contributed by atoms with Crippen molar-refractivity contribution in [3.05, 3.63) is 30.1 Å². The summed E-state index contributed by atoms with van der Waals surface area (Å²) in [5.74, 6) is -0.945. The lowest BCUT2D eigenvalue weighted by Gasteiger charge is -2.39. The van der Waals surface area contributed by atoms with E-state index in [-0.39, 0.29) is 6.03 Å². The van der Waals surface area contributed by atoms with Gasteiger partial charge in [-0.05, 0) is 43.4 Å². The molecule has 2 rings (SSSR count). The van der Waals surface area contributed by atoms with Gasteiger partial charge in [0.2, 0.25) is 0 Å². The highest BCUT2D eigenvalue weighted by atomic mass is 16.4. The molecule has 0 bridgehead atoms. The fourth-order valence-corrected chi connectivity index (χ4v) is 2.17. The highest BCUT2D eigenvalue weighted by Gasteiger charge is 2.46. The number of amides is 2. The van der Waals surface area contributed by atoms with Crippen molar-refractivity contribution in [1.29, 1.82) is 0 Å². The van der Waals surface area contributed by atoms with E-state index < -0.39 is 11.5 Å². The Kier molecular flexibility index (Phi) is 4.22. The first kappa shape index (κ1) is 14.3. The van der Waals surface area contributed by atoms with E-state index in [2.05, 4.69) is 10.3 Å². The molecule has 108 valence electrons. The number of pyridine rings is 1. The average molecular weight is 277 g/mol. The monoisotopic (exact) mass is 277 g/mol. The van der Waals surface area contributed by atoms with E-state index in [4.69, 9.17) is 0 Å². The van der Waals surface area contributed by atoms with E-state index in [1.165, 1.54) is 4.90 Å². The Morgan fingerprint density at radius 3 is 2.55 bits per heavy atom. The minimum atomic E-state index is -1.05. The topological polar surface area (TPSA) is 82.5 Å². The molecule has 2 amide bonds. The molecule has 6 heteroatoms. The summed E-state index contributed by atoms with van der Waals surface area (Å²) in [4.78, 5) is 28.7. The number of carbonyl (C=O) groups is 2. The third-order valence-electron chi connectivity index (χ3n) is 3.79. The van der Waals surface area contributed by atoms with Crippen LogP contribution in [0.2, 0.25) is 0 Å². The standard InChI is InChI=1S/C14H19N3O3/c1-17(10-5-11-3-8-15-9-4-11)13(20)16-14(12(18)19)6-2-7-14/h3-4,8-9H,2,5-7,10H2,1H3,(H,16,20)(H,18,19). The van der Waals surface area contributed by atoms with Gasteiger partial charge in [-0.15, -0.1) is 0 Å². The molecule has 2 N–H and O–H groups in total. The second-order valence-corrected chi connectivity index (χ2v) is 5.20. The molecule has 1 aliphatic rings. The molecule has 0 aromatic carbocycles. The van der Waals surface area contributed by atoms with Crippen LogP contribution in [0.1, 0.15) is 24.8 Å². The molecule has 1 aliphatic carbocycles. The van der Waals surface area contributed by atoms with Crippen molar-refractivity contribution in [1.82, 2.24) is 15.2 Å². The van der Waals surface area contributed by atoms with Gasteiger partial charge in [0.25, 0.3) is 0 Å². The van der Waals surface area contributed by atoms with Crippen LogP contribution in [0.25, 0.3) is 0 Å². The number of nitrogens with zero attached hydrogens (tertiary/aromatic N) is 2. The Bertz CT molecular complexity index is 486. The predicted octanol–water partition coefficient (Wildman–Crippen LogP) is 1.27. The first-order valence-electron chi connectivity index (χ1n) is 6.69. The second kappa shape index (κ2) is 5.90. The number of aromatic nitrogens is 1.